The fourth-order valence-corrected chi connectivity index (χ4v) is 10.0. The van der Waals surface area contributed by atoms with Gasteiger partial charge in [-0.05, 0) is 69.5 Å². The SMILES string of the molecule is CCOC1=C2CN(S(=O)(=O)c3ccc(C)cc3)[C@H](c3ccc(C)cc3)C[C@@H]2N(S(=O)(=O)c2ccc(C)cc2)[C@H](c2ccccc2)C1. The molecule has 46 heavy (non-hydrogen) atoms. The largest absolute Gasteiger partial charge is 0.498 e. The summed E-state index contributed by atoms with van der Waals surface area (Å²) in [5.74, 6) is 0.656. The average molecular weight is 657 g/mol. The molecular weight excluding hydrogens is 617 g/mol. The van der Waals surface area contributed by atoms with E-state index >= 15 is 0 Å². The number of fused-ring (bicyclic) bond motifs is 1. The first-order chi connectivity index (χ1) is 22.0. The van der Waals surface area contributed by atoms with E-state index in [0.29, 0.717) is 24.4 Å². The third kappa shape index (κ3) is 6.05. The first kappa shape index (κ1) is 32.2. The molecule has 0 spiro atoms. The highest BCUT2D eigenvalue weighted by atomic mass is 32.2. The summed E-state index contributed by atoms with van der Waals surface area (Å²) >= 11 is 0. The van der Waals surface area contributed by atoms with Gasteiger partial charge in [0.25, 0.3) is 0 Å². The number of hydrogen-bond acceptors (Lipinski definition) is 5. The van der Waals surface area contributed by atoms with E-state index in [9.17, 15) is 16.8 Å². The zero-order valence-electron chi connectivity index (χ0n) is 26.6. The molecule has 2 aliphatic heterocycles. The number of ether oxygens (including phenoxy) is 1. The number of piperidine rings is 1. The van der Waals surface area contributed by atoms with Crippen LogP contribution < -0.4 is 0 Å². The van der Waals surface area contributed by atoms with Crippen molar-refractivity contribution in [2.75, 3.05) is 13.2 Å². The molecule has 0 radical (unpaired) electrons. The number of benzene rings is 4. The highest BCUT2D eigenvalue weighted by Gasteiger charge is 2.51. The van der Waals surface area contributed by atoms with Crippen LogP contribution in [0.2, 0.25) is 0 Å². The van der Waals surface area contributed by atoms with Crippen molar-refractivity contribution >= 4 is 20.0 Å². The van der Waals surface area contributed by atoms with Crippen LogP contribution in [-0.2, 0) is 24.8 Å². The molecule has 7 nitrogen and oxygen atoms in total. The fraction of sp³-hybridized carbons (Fsp3) is 0.297. The molecule has 3 atom stereocenters. The smallest absolute Gasteiger partial charge is 0.244 e. The molecule has 1 fully saturated rings. The zero-order chi connectivity index (χ0) is 32.6. The van der Waals surface area contributed by atoms with Gasteiger partial charge in [-0.25, -0.2) is 16.8 Å². The molecule has 4 aromatic rings. The van der Waals surface area contributed by atoms with Gasteiger partial charge in [0.1, 0.15) is 0 Å². The summed E-state index contributed by atoms with van der Waals surface area (Å²) in [5, 5.41) is 0. The minimum absolute atomic E-state index is 0.0101. The fourth-order valence-electron chi connectivity index (χ4n) is 6.62. The van der Waals surface area contributed by atoms with Crippen molar-refractivity contribution in [1.82, 2.24) is 8.61 Å². The lowest BCUT2D eigenvalue weighted by Crippen LogP contribution is -2.54. The maximum atomic E-state index is 14.8. The van der Waals surface area contributed by atoms with E-state index in [2.05, 4.69) is 0 Å². The topological polar surface area (TPSA) is 84.0 Å². The first-order valence-electron chi connectivity index (χ1n) is 15.7. The summed E-state index contributed by atoms with van der Waals surface area (Å²) in [6.45, 7) is 8.12. The summed E-state index contributed by atoms with van der Waals surface area (Å²) < 4.78 is 67.8. The predicted octanol–water partition coefficient (Wildman–Crippen LogP) is 7.24. The Hall–Kier alpha value is -3.76. The highest BCUT2D eigenvalue weighted by Crippen LogP contribution is 2.49. The van der Waals surface area contributed by atoms with Crippen LogP contribution in [0, 0.1) is 20.8 Å². The highest BCUT2D eigenvalue weighted by molar-refractivity contribution is 7.89. The van der Waals surface area contributed by atoms with Crippen LogP contribution in [0.4, 0.5) is 0 Å². The number of hydrogen-bond donors (Lipinski definition) is 0. The monoisotopic (exact) mass is 656 g/mol. The van der Waals surface area contributed by atoms with Crippen LogP contribution >= 0.6 is 0 Å². The normalized spacial score (nSPS) is 21.2. The quantitative estimate of drug-likeness (QED) is 0.200. The molecular formula is C37H40N2O5S2. The minimum atomic E-state index is -4.03. The van der Waals surface area contributed by atoms with Crippen LogP contribution in [0.25, 0.3) is 0 Å². The molecule has 240 valence electrons. The minimum Gasteiger partial charge on any atom is -0.498 e. The van der Waals surface area contributed by atoms with Gasteiger partial charge in [-0.1, -0.05) is 95.6 Å². The number of sulfonamides is 2. The summed E-state index contributed by atoms with van der Waals surface area (Å²) in [6, 6.07) is 29.5. The van der Waals surface area contributed by atoms with Gasteiger partial charge < -0.3 is 4.74 Å². The molecule has 0 unspecified atom stereocenters. The van der Waals surface area contributed by atoms with Crippen molar-refractivity contribution in [3.63, 3.8) is 0 Å². The van der Waals surface area contributed by atoms with Gasteiger partial charge >= 0.3 is 0 Å². The molecule has 2 heterocycles. The predicted molar refractivity (Wildman–Crippen MR) is 180 cm³/mol. The Kier molecular flexibility index (Phi) is 8.95. The average Bonchev–Trinajstić information content (AvgIpc) is 3.05. The van der Waals surface area contributed by atoms with E-state index in [4.69, 9.17) is 4.74 Å². The van der Waals surface area contributed by atoms with Crippen LogP contribution in [0.5, 0.6) is 0 Å². The number of aryl methyl sites for hydroxylation is 3. The van der Waals surface area contributed by atoms with Crippen molar-refractivity contribution < 1.29 is 21.6 Å². The van der Waals surface area contributed by atoms with Gasteiger partial charge in [0.05, 0.1) is 40.3 Å². The third-order valence-electron chi connectivity index (χ3n) is 9.06. The summed E-state index contributed by atoms with van der Waals surface area (Å²) in [4.78, 5) is 0.411. The Bertz CT molecular complexity index is 1940. The molecule has 1 saturated heterocycles. The van der Waals surface area contributed by atoms with E-state index < -0.39 is 38.2 Å². The Labute approximate surface area is 273 Å². The van der Waals surface area contributed by atoms with E-state index in [-0.39, 0.29) is 22.8 Å². The standard InChI is InChI=1S/C37H40N2O5S2/c1-5-44-37-24-35(29-9-7-6-8-10-29)39(46(42,43)32-21-15-28(4)16-22-32)36-23-34(30-17-11-26(2)12-18-30)38(25-33(36)37)45(40,41)31-19-13-27(3)14-20-31/h6-22,34-36H,5,23-25H2,1-4H3/t34-,35-,36-/m0/s1. The van der Waals surface area contributed by atoms with Gasteiger partial charge in [-0.3, -0.25) is 0 Å². The van der Waals surface area contributed by atoms with Gasteiger partial charge in [0.2, 0.25) is 20.0 Å². The summed E-state index contributed by atoms with van der Waals surface area (Å²) in [6.07, 6.45) is 0.525. The molecule has 0 bridgehead atoms. The maximum absolute atomic E-state index is 14.8. The van der Waals surface area contributed by atoms with Gasteiger partial charge in [-0.15, -0.1) is 0 Å². The van der Waals surface area contributed by atoms with Crippen LogP contribution in [-0.4, -0.2) is 44.6 Å². The molecule has 0 N–H and O–H groups in total. The lowest BCUT2D eigenvalue weighted by Gasteiger charge is -2.49. The van der Waals surface area contributed by atoms with E-state index in [1.54, 1.807) is 40.7 Å². The second kappa shape index (κ2) is 12.8. The number of rotatable bonds is 8. The summed E-state index contributed by atoms with van der Waals surface area (Å²) in [5.41, 5.74) is 5.33. The Morgan fingerprint density at radius 1 is 0.630 bits per heavy atom. The first-order valence-corrected chi connectivity index (χ1v) is 18.5. The molecule has 0 aromatic heterocycles. The van der Waals surface area contributed by atoms with Crippen molar-refractivity contribution in [3.05, 3.63) is 142 Å². The van der Waals surface area contributed by atoms with Crippen molar-refractivity contribution in [1.29, 1.82) is 0 Å². The molecule has 0 amide bonds. The number of nitrogens with zero attached hydrogens (tertiary/aromatic N) is 2. The van der Waals surface area contributed by atoms with E-state index in [1.807, 2.05) is 94.4 Å². The van der Waals surface area contributed by atoms with E-state index in [1.165, 1.54) is 4.31 Å². The van der Waals surface area contributed by atoms with Crippen LogP contribution in [0.1, 0.15) is 59.7 Å². The Morgan fingerprint density at radius 3 is 1.67 bits per heavy atom. The summed E-state index contributed by atoms with van der Waals surface area (Å²) in [7, 11) is -8.01. The third-order valence-corrected chi connectivity index (χ3v) is 12.9. The molecule has 2 aliphatic rings. The second-order valence-electron chi connectivity index (χ2n) is 12.2. The van der Waals surface area contributed by atoms with Crippen molar-refractivity contribution in [2.24, 2.45) is 0 Å². The van der Waals surface area contributed by atoms with Crippen molar-refractivity contribution in [2.45, 2.75) is 68.5 Å². The maximum Gasteiger partial charge on any atom is 0.244 e. The lowest BCUT2D eigenvalue weighted by molar-refractivity contribution is 0.118. The van der Waals surface area contributed by atoms with Crippen LogP contribution in [0.15, 0.2) is 124 Å². The molecule has 4 aromatic carbocycles. The molecule has 6 rings (SSSR count). The lowest BCUT2D eigenvalue weighted by atomic mass is 9.84. The molecule has 9 heteroatoms. The van der Waals surface area contributed by atoms with Gasteiger partial charge in [0, 0.05) is 18.5 Å². The Balaban J connectivity index is 1.56. The Morgan fingerprint density at radius 2 is 1.13 bits per heavy atom. The molecule has 0 saturated carbocycles. The van der Waals surface area contributed by atoms with Gasteiger partial charge in [0.15, 0.2) is 0 Å². The van der Waals surface area contributed by atoms with Crippen LogP contribution in [0.3, 0.4) is 0 Å². The zero-order valence-corrected chi connectivity index (χ0v) is 28.3. The van der Waals surface area contributed by atoms with Gasteiger partial charge in [-0.2, -0.15) is 8.61 Å². The second-order valence-corrected chi connectivity index (χ2v) is 15.9. The molecule has 0 aliphatic carbocycles. The van der Waals surface area contributed by atoms with Crippen molar-refractivity contribution in [3.8, 4) is 0 Å². The van der Waals surface area contributed by atoms with E-state index in [0.717, 1.165) is 27.8 Å².